The van der Waals surface area contributed by atoms with E-state index in [2.05, 4.69) is 70.3 Å². The molecule has 0 radical (unpaired) electrons. The normalized spacial score (nSPS) is 15.9. The summed E-state index contributed by atoms with van der Waals surface area (Å²) in [5, 5.41) is 2.14. The van der Waals surface area contributed by atoms with E-state index in [1.807, 2.05) is 4.90 Å². The minimum atomic E-state index is -0.0831. The summed E-state index contributed by atoms with van der Waals surface area (Å²) in [4.78, 5) is 31.6. The number of fused-ring (bicyclic) bond motifs is 1. The average molecular weight is 469 g/mol. The summed E-state index contributed by atoms with van der Waals surface area (Å²) in [7, 11) is 0. The number of carbonyl (C=O) groups is 2. The molecule has 2 heterocycles. The van der Waals surface area contributed by atoms with Crippen molar-refractivity contribution in [3.05, 3.63) is 57.3 Å². The maximum absolute atomic E-state index is 13.6. The van der Waals surface area contributed by atoms with Gasteiger partial charge in [-0.3, -0.25) is 9.59 Å². The molecular weight excluding hydrogens is 428 g/mol. The largest absolute Gasteiger partial charge is 0.333 e. The van der Waals surface area contributed by atoms with Gasteiger partial charge in [0.05, 0.1) is 12.6 Å². The van der Waals surface area contributed by atoms with E-state index in [0.717, 1.165) is 37.7 Å². The summed E-state index contributed by atoms with van der Waals surface area (Å²) >= 11 is 1.78. The lowest BCUT2D eigenvalue weighted by atomic mass is 9.85. The third-order valence-corrected chi connectivity index (χ3v) is 7.58. The number of amides is 2. The van der Waals surface area contributed by atoms with Crippen LogP contribution in [-0.2, 0) is 21.4 Å². The van der Waals surface area contributed by atoms with Gasteiger partial charge in [-0.1, -0.05) is 71.7 Å². The number of thiophene rings is 1. The first-order chi connectivity index (χ1) is 15.8. The molecule has 3 rings (SSSR count). The Bertz CT molecular complexity index is 926. The zero-order chi connectivity index (χ0) is 24.0. The van der Waals surface area contributed by atoms with Crippen molar-refractivity contribution in [2.75, 3.05) is 19.6 Å². The Morgan fingerprint density at radius 1 is 1.06 bits per heavy atom. The molecule has 2 aromatic rings. The number of benzene rings is 1. The molecular formula is C28H40N2O2S. The highest BCUT2D eigenvalue weighted by molar-refractivity contribution is 7.10. The Balaban J connectivity index is 1.86. The number of unbranched alkanes of at least 4 members (excludes halogenated alkanes) is 2. The molecule has 33 heavy (non-hydrogen) atoms. The zero-order valence-corrected chi connectivity index (χ0v) is 21.8. The fourth-order valence-electron chi connectivity index (χ4n) is 4.49. The number of hydrogen-bond acceptors (Lipinski definition) is 3. The number of nitrogens with zero attached hydrogens (tertiary/aromatic N) is 2. The van der Waals surface area contributed by atoms with E-state index in [0.29, 0.717) is 19.5 Å². The van der Waals surface area contributed by atoms with Crippen LogP contribution in [0.5, 0.6) is 0 Å². The smallest absolute Gasteiger partial charge is 0.242 e. The van der Waals surface area contributed by atoms with Crippen LogP contribution in [0.25, 0.3) is 0 Å². The summed E-state index contributed by atoms with van der Waals surface area (Å²) in [5.41, 5.74) is 3.76. The lowest BCUT2D eigenvalue weighted by Crippen LogP contribution is -2.47. The quantitative estimate of drug-likeness (QED) is 0.431. The Morgan fingerprint density at radius 2 is 1.76 bits per heavy atom. The molecule has 4 nitrogen and oxygen atoms in total. The highest BCUT2D eigenvalue weighted by Crippen LogP contribution is 2.38. The van der Waals surface area contributed by atoms with E-state index in [1.165, 1.54) is 16.0 Å². The summed E-state index contributed by atoms with van der Waals surface area (Å²) in [6.45, 7) is 12.4. The second kappa shape index (κ2) is 11.3. The second-order valence-corrected chi connectivity index (χ2v) is 11.2. The molecule has 0 saturated carbocycles. The molecule has 1 atom stereocenters. The van der Waals surface area contributed by atoms with E-state index in [-0.39, 0.29) is 29.8 Å². The summed E-state index contributed by atoms with van der Waals surface area (Å²) in [5.74, 6) is 0.163. The molecule has 0 bridgehead atoms. The molecule has 0 spiro atoms. The van der Waals surface area contributed by atoms with E-state index >= 15 is 0 Å². The van der Waals surface area contributed by atoms with Crippen molar-refractivity contribution in [3.63, 3.8) is 0 Å². The van der Waals surface area contributed by atoms with Gasteiger partial charge in [0.15, 0.2) is 0 Å². The molecule has 1 aromatic heterocycles. The monoisotopic (exact) mass is 468 g/mol. The third kappa shape index (κ3) is 6.26. The van der Waals surface area contributed by atoms with E-state index < -0.39 is 0 Å². The van der Waals surface area contributed by atoms with Gasteiger partial charge >= 0.3 is 0 Å². The van der Waals surface area contributed by atoms with E-state index in [1.54, 1.807) is 16.2 Å². The van der Waals surface area contributed by atoms with Crippen LogP contribution in [0, 0.1) is 0 Å². The standard InChI is InChI=1S/C28H40N2O2S/c1-6-8-10-25(31)29(17-9-7-2)20-26(32)30-18-15-24-23(16-19-33-24)27(30)21-11-13-22(14-12-21)28(3,4)5/h11-14,16,19,27H,6-10,15,17-18,20H2,1-5H3. The van der Waals surface area contributed by atoms with Gasteiger partial charge in [0.1, 0.15) is 0 Å². The molecule has 180 valence electrons. The van der Waals surface area contributed by atoms with Gasteiger partial charge in [-0.25, -0.2) is 0 Å². The number of hydrogen-bond donors (Lipinski definition) is 0. The van der Waals surface area contributed by atoms with Crippen molar-refractivity contribution in [2.24, 2.45) is 0 Å². The van der Waals surface area contributed by atoms with Gasteiger partial charge in [-0.15, -0.1) is 11.3 Å². The van der Waals surface area contributed by atoms with Crippen molar-refractivity contribution < 1.29 is 9.59 Å². The maximum atomic E-state index is 13.6. The SMILES string of the molecule is CCCCC(=O)N(CCCC)CC(=O)N1CCc2sccc2C1c1ccc(C(C)(C)C)cc1. The van der Waals surface area contributed by atoms with Crippen LogP contribution in [0.3, 0.4) is 0 Å². The van der Waals surface area contributed by atoms with Gasteiger partial charge in [-0.05, 0) is 52.8 Å². The molecule has 0 fully saturated rings. The summed E-state index contributed by atoms with van der Waals surface area (Å²) in [6, 6.07) is 10.8. The van der Waals surface area contributed by atoms with Gasteiger partial charge < -0.3 is 9.80 Å². The number of rotatable bonds is 9. The van der Waals surface area contributed by atoms with Crippen molar-refractivity contribution >= 4 is 23.2 Å². The van der Waals surface area contributed by atoms with Crippen molar-refractivity contribution in [1.82, 2.24) is 9.80 Å². The molecule has 2 amide bonds. The molecule has 0 saturated heterocycles. The molecule has 0 N–H and O–H groups in total. The molecule has 1 aromatic carbocycles. The first-order valence-corrected chi connectivity index (χ1v) is 13.4. The topological polar surface area (TPSA) is 40.6 Å². The van der Waals surface area contributed by atoms with Gasteiger partial charge in [-0.2, -0.15) is 0 Å². The Kier molecular flexibility index (Phi) is 8.75. The third-order valence-electron chi connectivity index (χ3n) is 6.58. The summed E-state index contributed by atoms with van der Waals surface area (Å²) in [6.07, 6.45) is 5.21. The van der Waals surface area contributed by atoms with Crippen molar-refractivity contribution in [3.8, 4) is 0 Å². The van der Waals surface area contributed by atoms with Crippen molar-refractivity contribution in [1.29, 1.82) is 0 Å². The van der Waals surface area contributed by atoms with Crippen LogP contribution >= 0.6 is 11.3 Å². The van der Waals surface area contributed by atoms with Crippen LogP contribution in [0.1, 0.15) is 94.3 Å². The second-order valence-electron chi connectivity index (χ2n) is 10.2. The van der Waals surface area contributed by atoms with Crippen LogP contribution in [0.15, 0.2) is 35.7 Å². The lowest BCUT2D eigenvalue weighted by Gasteiger charge is -2.38. The first kappa shape index (κ1) is 25.5. The predicted octanol–water partition coefficient (Wildman–Crippen LogP) is 6.34. The van der Waals surface area contributed by atoms with Crippen molar-refractivity contribution in [2.45, 2.75) is 84.6 Å². The van der Waals surface area contributed by atoms with E-state index in [9.17, 15) is 9.59 Å². The molecule has 0 aliphatic carbocycles. The fourth-order valence-corrected chi connectivity index (χ4v) is 5.39. The Labute approximate surface area is 204 Å². The highest BCUT2D eigenvalue weighted by atomic mass is 32.1. The van der Waals surface area contributed by atoms with Gasteiger partial charge in [0.25, 0.3) is 0 Å². The minimum absolute atomic E-state index is 0.0534. The lowest BCUT2D eigenvalue weighted by molar-refractivity contribution is -0.141. The Morgan fingerprint density at radius 3 is 2.39 bits per heavy atom. The summed E-state index contributed by atoms with van der Waals surface area (Å²) < 4.78 is 0. The number of carbonyl (C=O) groups excluding carboxylic acids is 2. The molecule has 1 aliphatic heterocycles. The molecule has 1 unspecified atom stereocenters. The van der Waals surface area contributed by atoms with Gasteiger partial charge in [0.2, 0.25) is 11.8 Å². The van der Waals surface area contributed by atoms with Gasteiger partial charge in [0, 0.05) is 24.4 Å². The predicted molar refractivity (Wildman–Crippen MR) is 138 cm³/mol. The van der Waals surface area contributed by atoms with Crippen LogP contribution in [0.4, 0.5) is 0 Å². The zero-order valence-electron chi connectivity index (χ0n) is 21.0. The average Bonchev–Trinajstić information content (AvgIpc) is 3.27. The van der Waals surface area contributed by atoms with E-state index in [4.69, 9.17) is 0 Å². The van der Waals surface area contributed by atoms with Crippen LogP contribution < -0.4 is 0 Å². The van der Waals surface area contributed by atoms with Crippen LogP contribution in [-0.4, -0.2) is 41.2 Å². The maximum Gasteiger partial charge on any atom is 0.242 e. The minimum Gasteiger partial charge on any atom is -0.333 e. The first-order valence-electron chi connectivity index (χ1n) is 12.5. The molecule has 1 aliphatic rings. The highest BCUT2D eigenvalue weighted by Gasteiger charge is 2.34. The fraction of sp³-hybridized carbons (Fsp3) is 0.571. The Hall–Kier alpha value is -2.14. The van der Waals surface area contributed by atoms with Crippen LogP contribution in [0.2, 0.25) is 0 Å². The molecule has 5 heteroatoms.